The van der Waals surface area contributed by atoms with E-state index in [0.29, 0.717) is 0 Å². The third-order valence-corrected chi connectivity index (χ3v) is 4.68. The predicted octanol–water partition coefficient (Wildman–Crippen LogP) is 2.29. The lowest BCUT2D eigenvalue weighted by molar-refractivity contribution is -0.141. The topological polar surface area (TPSA) is 59.0 Å². The summed E-state index contributed by atoms with van der Waals surface area (Å²) in [4.78, 5) is 16.1. The van der Waals surface area contributed by atoms with Crippen molar-refractivity contribution in [3.05, 3.63) is 18.2 Å². The van der Waals surface area contributed by atoms with Gasteiger partial charge in [-0.25, -0.2) is 4.98 Å². The highest BCUT2D eigenvalue weighted by Gasteiger charge is 2.57. The lowest BCUT2D eigenvalue weighted by Gasteiger charge is -2.23. The molecule has 10 heteroatoms. The van der Waals surface area contributed by atoms with Crippen molar-refractivity contribution in [1.29, 1.82) is 0 Å². The van der Waals surface area contributed by atoms with Gasteiger partial charge in [0.1, 0.15) is 12.4 Å². The van der Waals surface area contributed by atoms with E-state index < -0.39 is 12.7 Å². The quantitative estimate of drug-likeness (QED) is 0.831. The van der Waals surface area contributed by atoms with E-state index in [9.17, 15) is 18.0 Å². The second-order valence-electron chi connectivity index (χ2n) is 6.17. The van der Waals surface area contributed by atoms with Crippen LogP contribution in [0.2, 0.25) is 0 Å². The molecule has 2 aliphatic rings. The Morgan fingerprint density at radius 2 is 2.04 bits per heavy atom. The molecule has 1 saturated heterocycles. The summed E-state index contributed by atoms with van der Waals surface area (Å²) in [5, 5.41) is 6.01. The molecule has 2 fully saturated rings. The summed E-state index contributed by atoms with van der Waals surface area (Å²) in [6.45, 7) is 0.809. The Balaban J connectivity index is 0.00000144. The molecule has 5 nitrogen and oxygen atoms in total. The number of nitrogens with zero attached hydrogens (tertiary/aromatic N) is 2. The first-order chi connectivity index (χ1) is 10.4. The van der Waals surface area contributed by atoms with E-state index in [1.54, 1.807) is 0 Å². The van der Waals surface area contributed by atoms with Gasteiger partial charge in [0.15, 0.2) is 0 Å². The number of hydrogen-bond donors (Lipinski definition) is 2. The van der Waals surface area contributed by atoms with Crippen molar-refractivity contribution in [3.63, 3.8) is 0 Å². The largest absolute Gasteiger partial charge is 0.406 e. The van der Waals surface area contributed by atoms with Crippen LogP contribution < -0.4 is 10.6 Å². The Morgan fingerprint density at radius 1 is 1.38 bits per heavy atom. The molecule has 1 aromatic heterocycles. The maximum Gasteiger partial charge on any atom is 0.406 e. The molecule has 0 aromatic carbocycles. The minimum absolute atomic E-state index is 0. The highest BCUT2D eigenvalue weighted by Crippen LogP contribution is 2.58. The Labute approximate surface area is 150 Å². The molecule has 1 saturated carbocycles. The fourth-order valence-electron chi connectivity index (χ4n) is 3.33. The van der Waals surface area contributed by atoms with E-state index in [-0.39, 0.29) is 54.4 Å². The summed E-state index contributed by atoms with van der Waals surface area (Å²) in [5.41, 5.74) is 0.122. The Hall–Kier alpha value is -0.990. The SMILES string of the molecule is Cl.Cl.O=C(NCc1nccn1CC(F)(F)F)C1CC12CCNCC2. The van der Waals surface area contributed by atoms with E-state index in [0.717, 1.165) is 36.9 Å². The van der Waals surface area contributed by atoms with Crippen LogP contribution in [0.4, 0.5) is 13.2 Å². The number of carbonyl (C=O) groups is 1. The third-order valence-electron chi connectivity index (χ3n) is 4.68. The summed E-state index contributed by atoms with van der Waals surface area (Å²) < 4.78 is 38.3. The predicted molar refractivity (Wildman–Crippen MR) is 87.3 cm³/mol. The monoisotopic (exact) mass is 388 g/mol. The van der Waals surface area contributed by atoms with Crippen molar-refractivity contribution in [2.45, 2.75) is 38.5 Å². The number of carbonyl (C=O) groups excluding carboxylic acids is 1. The van der Waals surface area contributed by atoms with Crippen molar-refractivity contribution in [2.75, 3.05) is 13.1 Å². The van der Waals surface area contributed by atoms with Crippen LogP contribution in [0.15, 0.2) is 12.4 Å². The number of halogens is 5. The van der Waals surface area contributed by atoms with Crippen LogP contribution in [0, 0.1) is 11.3 Å². The first-order valence-electron chi connectivity index (χ1n) is 7.45. The van der Waals surface area contributed by atoms with E-state index in [4.69, 9.17) is 0 Å². The molecule has 2 heterocycles. The highest BCUT2D eigenvalue weighted by atomic mass is 35.5. The van der Waals surface area contributed by atoms with Gasteiger partial charge in [0.05, 0.1) is 6.54 Å². The number of rotatable bonds is 4. The average molecular weight is 389 g/mol. The van der Waals surface area contributed by atoms with Crippen LogP contribution in [0.5, 0.6) is 0 Å². The van der Waals surface area contributed by atoms with Crippen LogP contribution >= 0.6 is 24.8 Å². The van der Waals surface area contributed by atoms with Crippen LogP contribution in [0.25, 0.3) is 0 Å². The van der Waals surface area contributed by atoms with Gasteiger partial charge in [-0.05, 0) is 37.8 Å². The number of hydrogen-bond acceptors (Lipinski definition) is 3. The average Bonchev–Trinajstić information content (AvgIpc) is 2.95. The van der Waals surface area contributed by atoms with E-state index in [2.05, 4.69) is 15.6 Å². The van der Waals surface area contributed by atoms with Gasteiger partial charge in [0.25, 0.3) is 0 Å². The van der Waals surface area contributed by atoms with Crippen molar-refractivity contribution in [2.24, 2.45) is 11.3 Å². The van der Waals surface area contributed by atoms with Crippen molar-refractivity contribution >= 4 is 30.7 Å². The van der Waals surface area contributed by atoms with Gasteiger partial charge >= 0.3 is 6.18 Å². The summed E-state index contributed by atoms with van der Waals surface area (Å²) in [6, 6.07) is 0. The Morgan fingerprint density at radius 3 is 2.67 bits per heavy atom. The van der Waals surface area contributed by atoms with Gasteiger partial charge in [-0.1, -0.05) is 0 Å². The zero-order chi connectivity index (χ0) is 15.8. The van der Waals surface area contributed by atoms with Crippen molar-refractivity contribution < 1.29 is 18.0 Å². The number of piperidine rings is 1. The zero-order valence-electron chi connectivity index (χ0n) is 12.9. The number of alkyl halides is 3. The molecular formula is C14H21Cl2F3N4O. The smallest absolute Gasteiger partial charge is 0.349 e. The normalized spacial score (nSPS) is 21.5. The molecule has 1 atom stereocenters. The van der Waals surface area contributed by atoms with Crippen LogP contribution in [0.1, 0.15) is 25.1 Å². The molecule has 1 aliphatic heterocycles. The molecule has 3 rings (SSSR count). The Kier molecular flexibility index (Phi) is 6.95. The first-order valence-corrected chi connectivity index (χ1v) is 7.45. The van der Waals surface area contributed by atoms with E-state index in [1.165, 1.54) is 12.4 Å². The molecule has 138 valence electrons. The van der Waals surface area contributed by atoms with Gasteiger partial charge in [0, 0.05) is 18.3 Å². The van der Waals surface area contributed by atoms with Gasteiger partial charge < -0.3 is 15.2 Å². The maximum atomic E-state index is 12.4. The first kappa shape index (κ1) is 21.1. The fourth-order valence-corrected chi connectivity index (χ4v) is 3.33. The van der Waals surface area contributed by atoms with E-state index >= 15 is 0 Å². The summed E-state index contributed by atoms with van der Waals surface area (Å²) >= 11 is 0. The number of amides is 1. The number of imidazole rings is 1. The molecular weight excluding hydrogens is 368 g/mol. The summed E-state index contributed by atoms with van der Waals surface area (Å²) in [5.74, 6) is 0.162. The highest BCUT2D eigenvalue weighted by molar-refractivity contribution is 5.85. The van der Waals surface area contributed by atoms with E-state index in [1.807, 2.05) is 0 Å². The van der Waals surface area contributed by atoms with Crippen molar-refractivity contribution in [1.82, 2.24) is 20.2 Å². The molecule has 1 aliphatic carbocycles. The zero-order valence-corrected chi connectivity index (χ0v) is 14.6. The lowest BCUT2D eigenvalue weighted by Crippen LogP contribution is -2.34. The minimum Gasteiger partial charge on any atom is -0.349 e. The number of nitrogens with one attached hydrogen (secondary N) is 2. The van der Waals surface area contributed by atoms with Gasteiger partial charge in [-0.3, -0.25) is 4.79 Å². The molecule has 1 unspecified atom stereocenters. The summed E-state index contributed by atoms with van der Waals surface area (Å²) in [6.07, 6.45) is 1.17. The maximum absolute atomic E-state index is 12.4. The number of aromatic nitrogens is 2. The molecule has 0 bridgehead atoms. The second-order valence-corrected chi connectivity index (χ2v) is 6.17. The van der Waals surface area contributed by atoms with Gasteiger partial charge in [-0.15, -0.1) is 24.8 Å². The lowest BCUT2D eigenvalue weighted by atomic mass is 9.92. The van der Waals surface area contributed by atoms with Crippen molar-refractivity contribution in [3.8, 4) is 0 Å². The molecule has 24 heavy (non-hydrogen) atoms. The van der Waals surface area contributed by atoms with Crippen LogP contribution in [0.3, 0.4) is 0 Å². The van der Waals surface area contributed by atoms with Crippen LogP contribution in [-0.2, 0) is 17.9 Å². The molecule has 1 spiro atoms. The standard InChI is InChI=1S/C14H19F3N4O.2ClH/c15-14(16,17)9-21-6-5-19-11(21)8-20-12(22)10-7-13(10)1-3-18-4-2-13;;/h5-6,10,18H,1-4,7-9H2,(H,20,22);2*1H. The third kappa shape index (κ3) is 4.77. The molecule has 0 radical (unpaired) electrons. The molecule has 1 amide bonds. The second kappa shape index (κ2) is 7.93. The van der Waals surface area contributed by atoms with Gasteiger partial charge in [-0.2, -0.15) is 13.2 Å². The molecule has 1 aromatic rings. The van der Waals surface area contributed by atoms with Crippen LogP contribution in [-0.4, -0.2) is 34.7 Å². The Bertz CT molecular complexity index is 558. The summed E-state index contributed by atoms with van der Waals surface area (Å²) in [7, 11) is 0. The minimum atomic E-state index is -4.30. The molecule has 2 N–H and O–H groups in total. The van der Waals surface area contributed by atoms with Gasteiger partial charge in [0.2, 0.25) is 5.91 Å². The fraction of sp³-hybridized carbons (Fsp3) is 0.714.